The fourth-order valence-electron chi connectivity index (χ4n) is 1.98. The van der Waals surface area contributed by atoms with Crippen LogP contribution in [0.2, 0.25) is 0 Å². The Labute approximate surface area is 112 Å². The van der Waals surface area contributed by atoms with E-state index in [-0.39, 0.29) is 23.7 Å². The van der Waals surface area contributed by atoms with E-state index in [9.17, 15) is 9.59 Å². The van der Waals surface area contributed by atoms with Gasteiger partial charge in [-0.2, -0.15) is 5.10 Å². The smallest absolute Gasteiger partial charge is 0.346 e. The summed E-state index contributed by atoms with van der Waals surface area (Å²) in [6.07, 6.45) is 0.831. The fraction of sp³-hybridized carbons (Fsp3) is 0.750. The summed E-state index contributed by atoms with van der Waals surface area (Å²) in [6, 6.07) is 0. The molecule has 0 saturated heterocycles. The van der Waals surface area contributed by atoms with Crippen molar-refractivity contribution in [3.05, 3.63) is 16.3 Å². The van der Waals surface area contributed by atoms with Crippen LogP contribution < -0.4 is 16.3 Å². The van der Waals surface area contributed by atoms with Gasteiger partial charge in [-0.3, -0.25) is 9.36 Å². The molecule has 2 rings (SSSR count). The van der Waals surface area contributed by atoms with E-state index in [1.807, 2.05) is 20.8 Å². The maximum atomic E-state index is 12.0. The van der Waals surface area contributed by atoms with Gasteiger partial charge in [0.15, 0.2) is 0 Å². The van der Waals surface area contributed by atoms with Crippen LogP contribution in [0.4, 0.5) is 0 Å². The summed E-state index contributed by atoms with van der Waals surface area (Å²) >= 11 is 0. The molecule has 1 aliphatic rings. The van der Waals surface area contributed by atoms with E-state index >= 15 is 0 Å². The number of aromatic nitrogens is 3. The third-order valence-corrected chi connectivity index (χ3v) is 3.45. The van der Waals surface area contributed by atoms with Crippen molar-refractivity contribution in [2.45, 2.75) is 52.4 Å². The van der Waals surface area contributed by atoms with Crippen LogP contribution in [-0.2, 0) is 24.4 Å². The number of carbonyl (C=O) groups is 1. The van der Waals surface area contributed by atoms with Gasteiger partial charge in [-0.05, 0) is 20.3 Å². The fourth-order valence-corrected chi connectivity index (χ4v) is 1.98. The number of carbonyl (C=O) groups excluding carboxylic acids is 1. The molecule has 0 atom stereocenters. The quantitative estimate of drug-likeness (QED) is 0.767. The van der Waals surface area contributed by atoms with Gasteiger partial charge in [0.25, 0.3) is 0 Å². The Morgan fingerprint density at radius 3 is 2.89 bits per heavy atom. The monoisotopic (exact) mass is 267 g/mol. The Balaban J connectivity index is 2.10. The first-order valence-corrected chi connectivity index (χ1v) is 6.61. The molecule has 0 aliphatic carbocycles. The maximum absolute atomic E-state index is 12.0. The Morgan fingerprint density at radius 1 is 1.53 bits per heavy atom. The summed E-state index contributed by atoms with van der Waals surface area (Å²) in [4.78, 5) is 24.0. The summed E-state index contributed by atoms with van der Waals surface area (Å²) in [5.74, 6) is 0.510. The van der Waals surface area contributed by atoms with Crippen molar-refractivity contribution in [1.82, 2.24) is 25.0 Å². The average molecular weight is 267 g/mol. The second-order valence-electron chi connectivity index (χ2n) is 5.47. The van der Waals surface area contributed by atoms with Crippen LogP contribution in [0.15, 0.2) is 4.79 Å². The predicted molar refractivity (Wildman–Crippen MR) is 70.7 cm³/mol. The van der Waals surface area contributed by atoms with Crippen molar-refractivity contribution in [1.29, 1.82) is 0 Å². The van der Waals surface area contributed by atoms with Crippen LogP contribution in [-0.4, -0.2) is 32.3 Å². The lowest BCUT2D eigenvalue weighted by atomic mass is 10.0. The number of nitrogens with one attached hydrogen (secondary N) is 2. The van der Waals surface area contributed by atoms with Crippen LogP contribution in [0.1, 0.15) is 33.0 Å². The third-order valence-electron chi connectivity index (χ3n) is 3.45. The molecule has 0 spiro atoms. The van der Waals surface area contributed by atoms with Gasteiger partial charge in [-0.15, -0.1) is 0 Å². The molecule has 0 aromatic carbocycles. The van der Waals surface area contributed by atoms with Crippen molar-refractivity contribution in [3.8, 4) is 0 Å². The molecule has 0 unspecified atom stereocenters. The highest BCUT2D eigenvalue weighted by molar-refractivity contribution is 5.76. The number of amides is 1. The van der Waals surface area contributed by atoms with E-state index in [4.69, 9.17) is 0 Å². The summed E-state index contributed by atoms with van der Waals surface area (Å²) in [7, 11) is 0. The van der Waals surface area contributed by atoms with E-state index < -0.39 is 0 Å². The van der Waals surface area contributed by atoms with Crippen LogP contribution in [0.25, 0.3) is 0 Å². The maximum Gasteiger partial charge on any atom is 0.346 e. The summed E-state index contributed by atoms with van der Waals surface area (Å²) in [5, 5.41) is 10.2. The van der Waals surface area contributed by atoms with Crippen LogP contribution in [0.3, 0.4) is 0 Å². The van der Waals surface area contributed by atoms with Gasteiger partial charge in [0.1, 0.15) is 12.4 Å². The molecule has 19 heavy (non-hydrogen) atoms. The average Bonchev–Trinajstić information content (AvgIpc) is 2.66. The van der Waals surface area contributed by atoms with Gasteiger partial charge in [0, 0.05) is 18.6 Å². The first kappa shape index (κ1) is 13.8. The molecule has 1 aliphatic heterocycles. The van der Waals surface area contributed by atoms with E-state index in [0.717, 1.165) is 13.0 Å². The first-order valence-electron chi connectivity index (χ1n) is 6.61. The van der Waals surface area contributed by atoms with Gasteiger partial charge in [-0.1, -0.05) is 6.92 Å². The lowest BCUT2D eigenvalue weighted by molar-refractivity contribution is -0.123. The highest BCUT2D eigenvalue weighted by Gasteiger charge is 2.21. The van der Waals surface area contributed by atoms with Crippen molar-refractivity contribution in [3.63, 3.8) is 0 Å². The Bertz CT molecular complexity index is 529. The summed E-state index contributed by atoms with van der Waals surface area (Å²) in [6.45, 7) is 7.83. The second kappa shape index (κ2) is 5.16. The highest BCUT2D eigenvalue weighted by Crippen LogP contribution is 2.06. The molecule has 1 aromatic heterocycles. The molecule has 0 bridgehead atoms. The molecule has 1 aromatic rings. The topological polar surface area (TPSA) is 81.0 Å². The minimum Gasteiger partial charge on any atom is -0.350 e. The number of hydrogen-bond acceptors (Lipinski definition) is 4. The van der Waals surface area contributed by atoms with E-state index in [1.165, 1.54) is 4.68 Å². The normalized spacial score (nSPS) is 15.1. The SMILES string of the molecule is CCC(C)(C)NC(=O)Cn1nc2n(c1=O)CCNC2. The third kappa shape index (κ3) is 3.04. The van der Waals surface area contributed by atoms with Crippen LogP contribution in [0.5, 0.6) is 0 Å². The second-order valence-corrected chi connectivity index (χ2v) is 5.47. The Morgan fingerprint density at radius 2 is 2.26 bits per heavy atom. The molecule has 0 fully saturated rings. The molecule has 2 heterocycles. The molecule has 1 amide bonds. The van der Waals surface area contributed by atoms with Crippen LogP contribution >= 0.6 is 0 Å². The van der Waals surface area contributed by atoms with Gasteiger partial charge in [0.05, 0.1) is 6.54 Å². The summed E-state index contributed by atoms with van der Waals surface area (Å²) in [5.41, 5.74) is -0.470. The first-order chi connectivity index (χ1) is 8.93. The Kier molecular flexibility index (Phi) is 3.75. The molecule has 2 N–H and O–H groups in total. The highest BCUT2D eigenvalue weighted by atomic mass is 16.2. The predicted octanol–water partition coefficient (Wildman–Crippen LogP) is -0.547. The number of fused-ring (bicyclic) bond motifs is 1. The van der Waals surface area contributed by atoms with Crippen molar-refractivity contribution in [2.24, 2.45) is 0 Å². The molecule has 0 radical (unpaired) electrons. The van der Waals surface area contributed by atoms with E-state index in [1.54, 1.807) is 4.57 Å². The van der Waals surface area contributed by atoms with Gasteiger partial charge >= 0.3 is 5.69 Å². The number of nitrogens with zero attached hydrogens (tertiary/aromatic N) is 3. The van der Waals surface area contributed by atoms with Gasteiger partial charge in [0.2, 0.25) is 5.91 Å². The number of rotatable bonds is 4. The van der Waals surface area contributed by atoms with Crippen molar-refractivity contribution < 1.29 is 4.79 Å². The molecule has 7 heteroatoms. The summed E-state index contributed by atoms with van der Waals surface area (Å²) < 4.78 is 2.86. The van der Waals surface area contributed by atoms with Crippen LogP contribution in [0, 0.1) is 0 Å². The zero-order chi connectivity index (χ0) is 14.0. The lowest BCUT2D eigenvalue weighted by Gasteiger charge is -2.24. The minimum atomic E-state index is -0.262. The molecule has 0 saturated carbocycles. The molecule has 106 valence electrons. The molecular formula is C12H21N5O2. The zero-order valence-electron chi connectivity index (χ0n) is 11.7. The van der Waals surface area contributed by atoms with Gasteiger partial charge < -0.3 is 10.6 Å². The Hall–Kier alpha value is -1.63. The van der Waals surface area contributed by atoms with Gasteiger partial charge in [-0.25, -0.2) is 9.48 Å². The van der Waals surface area contributed by atoms with Crippen molar-refractivity contribution >= 4 is 5.91 Å². The van der Waals surface area contributed by atoms with E-state index in [0.29, 0.717) is 18.9 Å². The van der Waals surface area contributed by atoms with Crippen molar-refractivity contribution in [2.75, 3.05) is 6.54 Å². The minimum absolute atomic E-state index is 0.0255. The zero-order valence-corrected chi connectivity index (χ0v) is 11.7. The molecular weight excluding hydrogens is 246 g/mol. The van der Waals surface area contributed by atoms with E-state index in [2.05, 4.69) is 15.7 Å². The largest absolute Gasteiger partial charge is 0.350 e. The standard InChI is InChI=1S/C12H21N5O2/c1-4-12(2,3)14-10(18)8-17-11(19)16-6-5-13-7-9(16)15-17/h13H,4-8H2,1-3H3,(H,14,18). The lowest BCUT2D eigenvalue weighted by Crippen LogP contribution is -2.45. The molecule has 7 nitrogen and oxygen atoms in total. The number of hydrogen-bond donors (Lipinski definition) is 2.